The molecular formula is C24H30O4. The SMILES string of the molecule is CCOCCOc1c2ccccc2c(OCCOCC)c2cc(CC)ccc12. The molecule has 0 amide bonds. The van der Waals surface area contributed by atoms with Gasteiger partial charge in [0.15, 0.2) is 0 Å². The van der Waals surface area contributed by atoms with Crippen LogP contribution in [0.4, 0.5) is 0 Å². The molecule has 4 heteroatoms. The molecule has 0 spiro atoms. The van der Waals surface area contributed by atoms with E-state index < -0.39 is 0 Å². The van der Waals surface area contributed by atoms with Crippen LogP contribution in [0.5, 0.6) is 11.5 Å². The molecule has 0 bridgehead atoms. The molecule has 0 radical (unpaired) electrons. The van der Waals surface area contributed by atoms with Crippen LogP contribution in [0.1, 0.15) is 26.3 Å². The molecule has 0 saturated carbocycles. The van der Waals surface area contributed by atoms with Crippen molar-refractivity contribution in [2.45, 2.75) is 27.2 Å². The van der Waals surface area contributed by atoms with Crippen LogP contribution in [0.3, 0.4) is 0 Å². The molecule has 150 valence electrons. The van der Waals surface area contributed by atoms with Crippen LogP contribution in [0.25, 0.3) is 21.5 Å². The van der Waals surface area contributed by atoms with Gasteiger partial charge < -0.3 is 18.9 Å². The molecule has 4 nitrogen and oxygen atoms in total. The van der Waals surface area contributed by atoms with Gasteiger partial charge in [-0.2, -0.15) is 0 Å². The second kappa shape index (κ2) is 10.3. The number of aryl methyl sites for hydroxylation is 1. The Morgan fingerprint density at radius 2 is 1.14 bits per heavy atom. The molecule has 0 aromatic heterocycles. The van der Waals surface area contributed by atoms with Gasteiger partial charge in [0.1, 0.15) is 24.7 Å². The first-order valence-electron chi connectivity index (χ1n) is 10.2. The van der Waals surface area contributed by atoms with Crippen LogP contribution >= 0.6 is 0 Å². The maximum Gasteiger partial charge on any atom is 0.135 e. The van der Waals surface area contributed by atoms with E-state index in [0.29, 0.717) is 39.6 Å². The summed E-state index contributed by atoms with van der Waals surface area (Å²) in [5, 5.41) is 4.27. The number of hydrogen-bond acceptors (Lipinski definition) is 4. The highest BCUT2D eigenvalue weighted by atomic mass is 16.5. The van der Waals surface area contributed by atoms with Gasteiger partial charge in [0.2, 0.25) is 0 Å². The molecule has 3 aromatic carbocycles. The van der Waals surface area contributed by atoms with E-state index in [4.69, 9.17) is 18.9 Å². The molecule has 0 aliphatic carbocycles. The normalized spacial score (nSPS) is 11.2. The summed E-state index contributed by atoms with van der Waals surface area (Å²) in [4.78, 5) is 0. The minimum atomic E-state index is 0.521. The fraction of sp³-hybridized carbons (Fsp3) is 0.417. The van der Waals surface area contributed by atoms with Crippen LogP contribution in [-0.4, -0.2) is 39.6 Å². The zero-order chi connectivity index (χ0) is 19.8. The molecule has 0 aliphatic rings. The highest BCUT2D eigenvalue weighted by Crippen LogP contribution is 2.43. The lowest BCUT2D eigenvalue weighted by Crippen LogP contribution is -2.09. The van der Waals surface area contributed by atoms with E-state index in [1.54, 1.807) is 0 Å². The molecule has 0 aliphatic heterocycles. The Bertz CT molecular complexity index is 904. The average Bonchev–Trinajstić information content (AvgIpc) is 2.74. The van der Waals surface area contributed by atoms with E-state index in [1.807, 2.05) is 26.0 Å². The molecule has 28 heavy (non-hydrogen) atoms. The molecule has 0 N–H and O–H groups in total. The predicted octanol–water partition coefficient (Wildman–Crippen LogP) is 5.39. The van der Waals surface area contributed by atoms with Crippen molar-refractivity contribution in [3.8, 4) is 11.5 Å². The summed E-state index contributed by atoms with van der Waals surface area (Å²) < 4.78 is 23.3. The highest BCUT2D eigenvalue weighted by Gasteiger charge is 2.16. The molecule has 0 saturated heterocycles. The summed E-state index contributed by atoms with van der Waals surface area (Å²) >= 11 is 0. The standard InChI is InChI=1S/C24H30O4/c1-4-18-11-12-21-22(17-18)24(28-16-14-26-6-3)20-10-8-7-9-19(20)23(21)27-15-13-25-5-2/h7-12,17H,4-6,13-16H2,1-3H3. The van der Waals surface area contributed by atoms with Gasteiger partial charge in [-0.15, -0.1) is 0 Å². The van der Waals surface area contributed by atoms with E-state index >= 15 is 0 Å². The number of rotatable bonds is 11. The predicted molar refractivity (Wildman–Crippen MR) is 115 cm³/mol. The summed E-state index contributed by atoms with van der Waals surface area (Å²) in [5.74, 6) is 1.79. The van der Waals surface area contributed by atoms with Crippen molar-refractivity contribution < 1.29 is 18.9 Å². The third kappa shape index (κ3) is 4.57. The molecule has 0 fully saturated rings. The first-order chi connectivity index (χ1) is 13.8. The maximum atomic E-state index is 6.23. The summed E-state index contributed by atoms with van der Waals surface area (Å²) in [6.07, 6.45) is 0.974. The van der Waals surface area contributed by atoms with Gasteiger partial charge in [-0.05, 0) is 31.9 Å². The smallest absolute Gasteiger partial charge is 0.135 e. The Balaban J connectivity index is 2.10. The number of ether oxygens (including phenoxy) is 4. The maximum absolute atomic E-state index is 6.23. The molecule has 3 aromatic rings. The quantitative estimate of drug-likeness (QED) is 0.329. The Labute approximate surface area is 167 Å². The molecule has 0 atom stereocenters. The number of hydrogen-bond donors (Lipinski definition) is 0. The van der Waals surface area contributed by atoms with Crippen molar-refractivity contribution in [3.05, 3.63) is 48.0 Å². The van der Waals surface area contributed by atoms with Gasteiger partial charge in [0, 0.05) is 34.8 Å². The molecule has 0 unspecified atom stereocenters. The summed E-state index contributed by atoms with van der Waals surface area (Å²) in [6, 6.07) is 14.8. The van der Waals surface area contributed by atoms with E-state index in [0.717, 1.165) is 39.5 Å². The van der Waals surface area contributed by atoms with Crippen molar-refractivity contribution >= 4 is 21.5 Å². The van der Waals surface area contributed by atoms with Gasteiger partial charge in [-0.1, -0.05) is 43.3 Å². The highest BCUT2D eigenvalue weighted by molar-refractivity contribution is 6.11. The van der Waals surface area contributed by atoms with E-state index in [9.17, 15) is 0 Å². The minimum absolute atomic E-state index is 0.521. The first kappa shape index (κ1) is 20.4. The molecular weight excluding hydrogens is 352 g/mol. The minimum Gasteiger partial charge on any atom is -0.490 e. The first-order valence-corrected chi connectivity index (χ1v) is 10.2. The topological polar surface area (TPSA) is 36.9 Å². The van der Waals surface area contributed by atoms with E-state index in [1.165, 1.54) is 5.56 Å². The van der Waals surface area contributed by atoms with Gasteiger partial charge in [-0.25, -0.2) is 0 Å². The Hall–Kier alpha value is -2.30. The Morgan fingerprint density at radius 1 is 0.607 bits per heavy atom. The van der Waals surface area contributed by atoms with E-state index in [2.05, 4.69) is 37.3 Å². The van der Waals surface area contributed by atoms with Crippen LogP contribution in [0.15, 0.2) is 42.5 Å². The van der Waals surface area contributed by atoms with Crippen molar-refractivity contribution in [3.63, 3.8) is 0 Å². The number of fused-ring (bicyclic) bond motifs is 2. The lowest BCUT2D eigenvalue weighted by atomic mass is 9.98. The Morgan fingerprint density at radius 3 is 1.68 bits per heavy atom. The monoisotopic (exact) mass is 382 g/mol. The van der Waals surface area contributed by atoms with Gasteiger partial charge >= 0.3 is 0 Å². The van der Waals surface area contributed by atoms with Crippen molar-refractivity contribution in [2.75, 3.05) is 39.6 Å². The largest absolute Gasteiger partial charge is 0.490 e. The third-order valence-electron chi connectivity index (χ3n) is 4.75. The van der Waals surface area contributed by atoms with Gasteiger partial charge in [0.25, 0.3) is 0 Å². The van der Waals surface area contributed by atoms with Gasteiger partial charge in [0.05, 0.1) is 13.2 Å². The van der Waals surface area contributed by atoms with E-state index in [-0.39, 0.29) is 0 Å². The zero-order valence-corrected chi connectivity index (χ0v) is 17.1. The zero-order valence-electron chi connectivity index (χ0n) is 17.1. The summed E-state index contributed by atoms with van der Waals surface area (Å²) in [5.41, 5.74) is 1.28. The van der Waals surface area contributed by atoms with Crippen LogP contribution in [0.2, 0.25) is 0 Å². The molecule has 3 rings (SSSR count). The average molecular weight is 383 g/mol. The van der Waals surface area contributed by atoms with Crippen molar-refractivity contribution in [2.24, 2.45) is 0 Å². The summed E-state index contributed by atoms with van der Waals surface area (Å²) in [7, 11) is 0. The van der Waals surface area contributed by atoms with Crippen molar-refractivity contribution in [1.29, 1.82) is 0 Å². The lowest BCUT2D eigenvalue weighted by molar-refractivity contribution is 0.110. The van der Waals surface area contributed by atoms with Crippen molar-refractivity contribution in [1.82, 2.24) is 0 Å². The van der Waals surface area contributed by atoms with Crippen LogP contribution in [0, 0.1) is 0 Å². The van der Waals surface area contributed by atoms with Gasteiger partial charge in [-0.3, -0.25) is 0 Å². The second-order valence-electron chi connectivity index (χ2n) is 6.53. The Kier molecular flexibility index (Phi) is 7.52. The fourth-order valence-electron chi connectivity index (χ4n) is 3.37. The fourth-order valence-corrected chi connectivity index (χ4v) is 3.37. The second-order valence-corrected chi connectivity index (χ2v) is 6.53. The summed E-state index contributed by atoms with van der Waals surface area (Å²) in [6.45, 7) is 9.73. The third-order valence-corrected chi connectivity index (χ3v) is 4.75. The van der Waals surface area contributed by atoms with Crippen LogP contribution < -0.4 is 9.47 Å². The number of benzene rings is 3. The molecule has 0 heterocycles. The van der Waals surface area contributed by atoms with Crippen LogP contribution in [-0.2, 0) is 15.9 Å². The lowest BCUT2D eigenvalue weighted by Gasteiger charge is -2.18.